The maximum atomic E-state index is 11.3. The Morgan fingerprint density at radius 2 is 2.12 bits per heavy atom. The van der Waals surface area contributed by atoms with Gasteiger partial charge in [-0.1, -0.05) is 0 Å². The summed E-state index contributed by atoms with van der Waals surface area (Å²) in [6.07, 6.45) is 4.15. The molecule has 0 radical (unpaired) electrons. The van der Waals surface area contributed by atoms with Crippen molar-refractivity contribution in [1.29, 1.82) is 0 Å². The van der Waals surface area contributed by atoms with Gasteiger partial charge in [0.25, 0.3) is 10.9 Å². The number of aliphatic hydroxyl groups excluding tert-OH is 1. The summed E-state index contributed by atoms with van der Waals surface area (Å²) in [6.45, 7) is 0. The first-order valence-electron chi connectivity index (χ1n) is 4.99. The average molecular weight is 236 g/mol. The van der Waals surface area contributed by atoms with Crippen molar-refractivity contribution in [2.75, 3.05) is 19.5 Å². The number of rotatable bonds is 3. The Kier molecular flexibility index (Phi) is 2.72. The molecule has 1 aliphatic heterocycles. The monoisotopic (exact) mass is 236 g/mol. The predicted octanol–water partition coefficient (Wildman–Crippen LogP) is -0.635. The number of hydrogen-bond acceptors (Lipinski definition) is 6. The minimum absolute atomic E-state index is 0.000283. The van der Waals surface area contributed by atoms with Crippen LogP contribution >= 0.6 is 0 Å². The smallest absolute Gasteiger partial charge is 0.272 e. The number of likely N-dealkylation sites (N-methyl/N-ethyl adjacent to an activating group) is 1. The fourth-order valence-electron chi connectivity index (χ4n) is 1.60. The lowest BCUT2D eigenvalue weighted by Crippen LogP contribution is -2.39. The molecule has 0 saturated carbocycles. The number of nitrogens with zero attached hydrogens (tertiary/aromatic N) is 1. The Bertz CT molecular complexity index is 566. The summed E-state index contributed by atoms with van der Waals surface area (Å²) in [5.41, 5.74) is -0.774. The summed E-state index contributed by atoms with van der Waals surface area (Å²) in [5.74, 6) is 0.000283. The molecule has 0 aliphatic carbocycles. The zero-order chi connectivity index (χ0) is 12.6. The van der Waals surface area contributed by atoms with Gasteiger partial charge in [-0.25, -0.2) is 0 Å². The first-order chi connectivity index (χ1) is 8.06. The number of hydrogen-bond donors (Lipinski definition) is 2. The van der Waals surface area contributed by atoms with Crippen LogP contribution in [0.2, 0.25) is 0 Å². The van der Waals surface area contributed by atoms with Crippen molar-refractivity contribution < 1.29 is 9.84 Å². The fourth-order valence-corrected chi connectivity index (χ4v) is 1.60. The highest BCUT2D eigenvalue weighted by Crippen LogP contribution is 2.21. The van der Waals surface area contributed by atoms with Crippen LogP contribution in [0.25, 0.3) is 0 Å². The van der Waals surface area contributed by atoms with Gasteiger partial charge in [0.05, 0.1) is 12.8 Å². The van der Waals surface area contributed by atoms with E-state index in [-0.39, 0.29) is 11.4 Å². The average Bonchev–Trinajstić information content (AvgIpc) is 2.33. The molecule has 17 heavy (non-hydrogen) atoms. The molecule has 1 unspecified atom stereocenters. The number of methoxy groups -OCH3 is 1. The molecule has 1 aliphatic rings. The van der Waals surface area contributed by atoms with E-state index in [4.69, 9.17) is 4.74 Å². The number of aliphatic hydroxyl groups is 1. The van der Waals surface area contributed by atoms with Gasteiger partial charge < -0.3 is 20.1 Å². The molecule has 0 amide bonds. The van der Waals surface area contributed by atoms with Gasteiger partial charge in [0.15, 0.2) is 12.0 Å². The van der Waals surface area contributed by atoms with Gasteiger partial charge >= 0.3 is 0 Å². The van der Waals surface area contributed by atoms with E-state index < -0.39 is 17.1 Å². The molecule has 0 fully saturated rings. The van der Waals surface area contributed by atoms with Crippen LogP contribution in [0.3, 0.4) is 0 Å². The summed E-state index contributed by atoms with van der Waals surface area (Å²) in [6, 6.07) is 0. The molecule has 2 N–H and O–H groups in total. The third-order valence-corrected chi connectivity index (χ3v) is 2.60. The highest BCUT2D eigenvalue weighted by atomic mass is 16.5. The number of ether oxygens (including phenoxy) is 1. The Morgan fingerprint density at radius 1 is 1.41 bits per heavy atom. The highest BCUT2D eigenvalue weighted by molar-refractivity contribution is 5.65. The molecule has 6 nitrogen and oxygen atoms in total. The van der Waals surface area contributed by atoms with E-state index in [0.29, 0.717) is 5.70 Å². The van der Waals surface area contributed by atoms with Gasteiger partial charge in [-0.15, -0.1) is 0 Å². The fraction of sp³-hybridized carbons (Fsp3) is 0.273. The topological polar surface area (TPSA) is 78.9 Å². The van der Waals surface area contributed by atoms with Crippen molar-refractivity contribution in [2.45, 2.75) is 6.23 Å². The third-order valence-electron chi connectivity index (χ3n) is 2.60. The van der Waals surface area contributed by atoms with Crippen LogP contribution in [0.15, 0.2) is 33.6 Å². The molecule has 90 valence electrons. The van der Waals surface area contributed by atoms with E-state index in [1.807, 2.05) is 0 Å². The Balaban J connectivity index is 2.25. The minimum atomic E-state index is -0.880. The van der Waals surface area contributed by atoms with E-state index in [9.17, 15) is 14.7 Å². The Hall–Kier alpha value is -2.08. The number of allylic oxidation sites excluding steroid dienone is 2. The maximum absolute atomic E-state index is 11.3. The second kappa shape index (κ2) is 4.06. The van der Waals surface area contributed by atoms with E-state index in [0.717, 1.165) is 0 Å². The lowest BCUT2D eigenvalue weighted by molar-refractivity contribution is 0.0870. The lowest BCUT2D eigenvalue weighted by Gasteiger charge is -2.28. The van der Waals surface area contributed by atoms with E-state index >= 15 is 0 Å². The van der Waals surface area contributed by atoms with Crippen molar-refractivity contribution in [3.63, 3.8) is 0 Å². The summed E-state index contributed by atoms with van der Waals surface area (Å²) in [4.78, 5) is 24.0. The van der Waals surface area contributed by atoms with Gasteiger partial charge in [0.2, 0.25) is 0 Å². The predicted molar refractivity (Wildman–Crippen MR) is 62.5 cm³/mol. The van der Waals surface area contributed by atoms with Crippen LogP contribution in [-0.4, -0.2) is 30.4 Å². The molecule has 0 bridgehead atoms. The normalized spacial score (nSPS) is 19.4. The van der Waals surface area contributed by atoms with Crippen LogP contribution in [0.5, 0.6) is 5.75 Å². The van der Waals surface area contributed by atoms with E-state index in [1.54, 1.807) is 30.3 Å². The molecule has 2 rings (SSSR count). The largest absolute Gasteiger partial charge is 0.491 e. The second-order valence-corrected chi connectivity index (χ2v) is 3.69. The molecule has 1 heterocycles. The van der Waals surface area contributed by atoms with Gasteiger partial charge in [-0.05, 0) is 12.2 Å². The first-order valence-corrected chi connectivity index (χ1v) is 4.99. The molecule has 1 atom stereocenters. The number of nitrogens with one attached hydrogen (secondary N) is 1. The summed E-state index contributed by atoms with van der Waals surface area (Å²) in [5, 5.41) is 12.5. The Morgan fingerprint density at radius 3 is 2.76 bits per heavy atom. The quantitative estimate of drug-likeness (QED) is 0.680. The standard InChI is InChI=1S/C11H12N2O4/c1-13-5-3-4-6(11(13)16)12-7-8(14)9(15)10(7)17-2/h3-5,11-12,16H,1-2H3. The van der Waals surface area contributed by atoms with Crippen LogP contribution in [-0.2, 0) is 0 Å². The zero-order valence-electron chi connectivity index (χ0n) is 9.43. The Labute approximate surface area is 97.1 Å². The molecule has 0 spiro atoms. The van der Waals surface area contributed by atoms with Crippen LogP contribution < -0.4 is 20.9 Å². The SMILES string of the molecule is COc1c(NC2=CC=CN(C)C2O)c(=O)c1=O. The molecule has 1 aromatic carbocycles. The van der Waals surface area contributed by atoms with Gasteiger partial charge in [0.1, 0.15) is 5.69 Å². The number of anilines is 1. The first kappa shape index (κ1) is 11.4. The third kappa shape index (κ3) is 1.72. The molecule has 6 heteroatoms. The van der Waals surface area contributed by atoms with Gasteiger partial charge in [-0.3, -0.25) is 9.59 Å². The minimum Gasteiger partial charge on any atom is -0.491 e. The summed E-state index contributed by atoms with van der Waals surface area (Å²) >= 11 is 0. The van der Waals surface area contributed by atoms with Crippen molar-refractivity contribution in [2.24, 2.45) is 0 Å². The van der Waals surface area contributed by atoms with Crippen molar-refractivity contribution in [3.8, 4) is 5.75 Å². The lowest BCUT2D eigenvalue weighted by atomic mass is 10.2. The van der Waals surface area contributed by atoms with Crippen molar-refractivity contribution >= 4 is 5.69 Å². The zero-order valence-corrected chi connectivity index (χ0v) is 9.43. The van der Waals surface area contributed by atoms with Gasteiger partial charge in [-0.2, -0.15) is 0 Å². The summed E-state index contributed by atoms with van der Waals surface area (Å²) in [7, 11) is 3.01. The molecule has 1 aromatic rings. The molecule has 0 aromatic heterocycles. The maximum Gasteiger partial charge on any atom is 0.272 e. The summed E-state index contributed by atoms with van der Waals surface area (Å²) < 4.78 is 4.79. The van der Waals surface area contributed by atoms with E-state index in [2.05, 4.69) is 5.32 Å². The van der Waals surface area contributed by atoms with Crippen LogP contribution in [0, 0.1) is 0 Å². The van der Waals surface area contributed by atoms with Crippen LogP contribution in [0.4, 0.5) is 5.69 Å². The molecule has 0 saturated heterocycles. The van der Waals surface area contributed by atoms with Crippen molar-refractivity contribution in [1.82, 2.24) is 4.90 Å². The van der Waals surface area contributed by atoms with Crippen molar-refractivity contribution in [3.05, 3.63) is 44.5 Å². The van der Waals surface area contributed by atoms with Crippen LogP contribution in [0.1, 0.15) is 0 Å². The van der Waals surface area contributed by atoms with Gasteiger partial charge in [0, 0.05) is 13.2 Å². The highest BCUT2D eigenvalue weighted by Gasteiger charge is 2.25. The second-order valence-electron chi connectivity index (χ2n) is 3.69. The molecular weight excluding hydrogens is 224 g/mol. The molecular formula is C11H12N2O4. The van der Waals surface area contributed by atoms with E-state index in [1.165, 1.54) is 7.11 Å².